The monoisotopic (exact) mass is 442 g/mol. The zero-order valence-electron chi connectivity index (χ0n) is 17.2. The molecule has 32 heavy (non-hydrogen) atoms. The normalized spacial score (nSPS) is 11.2. The molecule has 0 saturated heterocycles. The molecule has 5 aromatic rings. The summed E-state index contributed by atoms with van der Waals surface area (Å²) < 4.78 is 1.50. The highest BCUT2D eigenvalue weighted by Crippen LogP contribution is 2.22. The molecule has 0 spiro atoms. The quantitative estimate of drug-likeness (QED) is 0.421. The molecule has 158 valence electrons. The summed E-state index contributed by atoms with van der Waals surface area (Å²) in [5, 5.41) is 7.90. The summed E-state index contributed by atoms with van der Waals surface area (Å²) in [5.41, 5.74) is 4.40. The van der Waals surface area contributed by atoms with E-state index < -0.39 is 0 Å². The van der Waals surface area contributed by atoms with Crippen molar-refractivity contribution in [3.8, 4) is 5.69 Å². The Morgan fingerprint density at radius 1 is 1.06 bits per heavy atom. The summed E-state index contributed by atoms with van der Waals surface area (Å²) in [6.45, 7) is 2.36. The molecule has 0 aliphatic rings. The fourth-order valence-electron chi connectivity index (χ4n) is 3.71. The van der Waals surface area contributed by atoms with E-state index in [0.717, 1.165) is 16.8 Å². The van der Waals surface area contributed by atoms with Crippen molar-refractivity contribution >= 4 is 39.3 Å². The van der Waals surface area contributed by atoms with Crippen LogP contribution in [-0.4, -0.2) is 20.7 Å². The van der Waals surface area contributed by atoms with Gasteiger partial charge in [0.1, 0.15) is 0 Å². The summed E-state index contributed by atoms with van der Waals surface area (Å²) in [7, 11) is 0. The van der Waals surface area contributed by atoms with Gasteiger partial charge in [0.25, 0.3) is 11.5 Å². The number of aromatic amines is 1. The molecule has 0 unspecified atom stereocenters. The van der Waals surface area contributed by atoms with Crippen LogP contribution in [0.4, 0.5) is 0 Å². The number of amides is 1. The molecule has 0 aliphatic heterocycles. The molecule has 0 aliphatic carbocycles. The number of aromatic nitrogens is 3. The first-order valence-electron chi connectivity index (χ1n) is 10.1. The average Bonchev–Trinajstić information content (AvgIpc) is 3.14. The molecule has 5 rings (SSSR count). The first-order chi connectivity index (χ1) is 15.5. The Morgan fingerprint density at radius 2 is 1.88 bits per heavy atom. The van der Waals surface area contributed by atoms with E-state index in [9.17, 15) is 9.59 Å². The minimum Gasteiger partial charge on any atom is -0.348 e. The molecule has 1 amide bonds. The molecule has 2 aromatic heterocycles. The highest BCUT2D eigenvalue weighted by Gasteiger charge is 2.14. The lowest BCUT2D eigenvalue weighted by molar-refractivity contribution is 0.0951. The van der Waals surface area contributed by atoms with Gasteiger partial charge in [-0.15, -0.1) is 0 Å². The van der Waals surface area contributed by atoms with Crippen molar-refractivity contribution in [2.24, 2.45) is 0 Å². The lowest BCUT2D eigenvalue weighted by Gasteiger charge is -2.07. The third-order valence-electron chi connectivity index (χ3n) is 5.42. The van der Waals surface area contributed by atoms with Gasteiger partial charge in [0.15, 0.2) is 0 Å². The second-order valence-corrected chi connectivity index (χ2v) is 8.12. The minimum atomic E-state index is -0.218. The number of nitrogens with zero attached hydrogens (tertiary/aromatic N) is 2. The Hall–Kier alpha value is -3.90. The molecular formula is C25H19ClN4O2. The standard InChI is InChI=1S/C25H19ClN4O2/c1-15-5-8-19(9-6-15)30-25(32)21-14-27-22-10-7-17(12-20(22)23(21)29-30)24(31)28-13-16-3-2-4-18(26)11-16/h2-12,14,29H,13H2,1H3,(H,28,31). The van der Waals surface area contributed by atoms with Crippen molar-refractivity contribution in [3.05, 3.63) is 105 Å². The van der Waals surface area contributed by atoms with Crippen molar-refractivity contribution in [1.29, 1.82) is 0 Å². The summed E-state index contributed by atoms with van der Waals surface area (Å²) in [6, 6.07) is 20.3. The van der Waals surface area contributed by atoms with Crippen LogP contribution in [0.1, 0.15) is 21.5 Å². The number of nitrogens with one attached hydrogen (secondary N) is 2. The smallest absolute Gasteiger partial charge is 0.280 e. The number of hydrogen-bond acceptors (Lipinski definition) is 3. The maximum absolute atomic E-state index is 13.0. The first-order valence-corrected chi connectivity index (χ1v) is 10.5. The number of H-pyrrole nitrogens is 1. The van der Waals surface area contributed by atoms with Gasteiger partial charge in [0, 0.05) is 28.7 Å². The molecule has 2 N–H and O–H groups in total. The van der Waals surface area contributed by atoms with E-state index in [1.807, 2.05) is 49.4 Å². The fraction of sp³-hybridized carbons (Fsp3) is 0.0800. The van der Waals surface area contributed by atoms with Gasteiger partial charge < -0.3 is 5.32 Å². The summed E-state index contributed by atoms with van der Waals surface area (Å²) in [5.74, 6) is -0.218. The van der Waals surface area contributed by atoms with E-state index in [2.05, 4.69) is 15.4 Å². The van der Waals surface area contributed by atoms with E-state index in [-0.39, 0.29) is 11.5 Å². The van der Waals surface area contributed by atoms with Gasteiger partial charge in [-0.3, -0.25) is 19.7 Å². The number of benzene rings is 3. The second-order valence-electron chi connectivity index (χ2n) is 7.68. The van der Waals surface area contributed by atoms with E-state index in [0.29, 0.717) is 38.9 Å². The highest BCUT2D eigenvalue weighted by atomic mass is 35.5. The molecule has 7 heteroatoms. The maximum atomic E-state index is 13.0. The van der Waals surface area contributed by atoms with E-state index in [1.165, 1.54) is 4.68 Å². The number of carbonyl (C=O) groups is 1. The number of halogens is 1. The molecule has 2 heterocycles. The molecule has 3 aromatic carbocycles. The van der Waals surface area contributed by atoms with Gasteiger partial charge in [-0.05, 0) is 55.0 Å². The molecule has 0 bridgehead atoms. The highest BCUT2D eigenvalue weighted by molar-refractivity contribution is 6.30. The third kappa shape index (κ3) is 3.65. The topological polar surface area (TPSA) is 79.8 Å². The Balaban J connectivity index is 1.52. The SMILES string of the molecule is Cc1ccc(-n2[nH]c3c(cnc4ccc(C(=O)NCc5cccc(Cl)c5)cc43)c2=O)cc1. The van der Waals surface area contributed by atoms with Gasteiger partial charge >= 0.3 is 0 Å². The zero-order valence-corrected chi connectivity index (χ0v) is 18.0. The van der Waals surface area contributed by atoms with Crippen LogP contribution in [0.2, 0.25) is 5.02 Å². The van der Waals surface area contributed by atoms with Crippen LogP contribution in [0.3, 0.4) is 0 Å². The largest absolute Gasteiger partial charge is 0.348 e. The number of pyridine rings is 1. The third-order valence-corrected chi connectivity index (χ3v) is 5.66. The average molecular weight is 443 g/mol. The fourth-order valence-corrected chi connectivity index (χ4v) is 3.92. The number of rotatable bonds is 4. The first kappa shape index (κ1) is 20.0. The molecular weight excluding hydrogens is 424 g/mol. The van der Waals surface area contributed by atoms with E-state index in [1.54, 1.807) is 30.5 Å². The Kier molecular flexibility index (Phi) is 4.99. The molecule has 0 radical (unpaired) electrons. The number of aryl methyl sites for hydroxylation is 1. The van der Waals surface area contributed by atoms with Gasteiger partial charge in [-0.25, -0.2) is 4.68 Å². The van der Waals surface area contributed by atoms with E-state index in [4.69, 9.17) is 11.6 Å². The second kappa shape index (κ2) is 7.98. The lowest BCUT2D eigenvalue weighted by atomic mass is 10.1. The van der Waals surface area contributed by atoms with Crippen molar-refractivity contribution < 1.29 is 4.79 Å². The van der Waals surface area contributed by atoms with Crippen LogP contribution >= 0.6 is 11.6 Å². The van der Waals surface area contributed by atoms with Crippen LogP contribution in [0.25, 0.3) is 27.5 Å². The number of carbonyl (C=O) groups excluding carboxylic acids is 1. The van der Waals surface area contributed by atoms with Crippen molar-refractivity contribution in [3.63, 3.8) is 0 Å². The van der Waals surface area contributed by atoms with Gasteiger partial charge in [-0.2, -0.15) is 0 Å². The van der Waals surface area contributed by atoms with Crippen LogP contribution in [0.5, 0.6) is 0 Å². The van der Waals surface area contributed by atoms with Crippen molar-refractivity contribution in [2.75, 3.05) is 0 Å². The van der Waals surface area contributed by atoms with E-state index >= 15 is 0 Å². The number of hydrogen-bond donors (Lipinski definition) is 2. The van der Waals surface area contributed by atoms with Crippen LogP contribution < -0.4 is 10.9 Å². The van der Waals surface area contributed by atoms with Crippen molar-refractivity contribution in [1.82, 2.24) is 20.1 Å². The maximum Gasteiger partial charge on any atom is 0.280 e. The predicted molar refractivity (Wildman–Crippen MR) is 127 cm³/mol. The molecule has 0 fully saturated rings. The Bertz CT molecular complexity index is 1530. The Morgan fingerprint density at radius 3 is 2.66 bits per heavy atom. The molecule has 0 saturated carbocycles. The predicted octanol–water partition coefficient (Wildman–Crippen LogP) is 4.76. The lowest BCUT2D eigenvalue weighted by Crippen LogP contribution is -2.22. The van der Waals surface area contributed by atoms with Crippen LogP contribution in [-0.2, 0) is 6.54 Å². The Labute approximate surface area is 188 Å². The summed E-state index contributed by atoms with van der Waals surface area (Å²) in [6.07, 6.45) is 1.57. The minimum absolute atomic E-state index is 0.186. The molecule has 0 atom stereocenters. The van der Waals surface area contributed by atoms with Crippen LogP contribution in [0.15, 0.2) is 77.7 Å². The van der Waals surface area contributed by atoms with Crippen LogP contribution in [0, 0.1) is 6.92 Å². The van der Waals surface area contributed by atoms with Gasteiger partial charge in [0.2, 0.25) is 0 Å². The summed E-state index contributed by atoms with van der Waals surface area (Å²) in [4.78, 5) is 30.1. The molecule has 6 nitrogen and oxygen atoms in total. The van der Waals surface area contributed by atoms with Crippen molar-refractivity contribution in [2.45, 2.75) is 13.5 Å². The zero-order chi connectivity index (χ0) is 22.2. The van der Waals surface area contributed by atoms with Gasteiger partial charge in [-0.1, -0.05) is 41.4 Å². The number of fused-ring (bicyclic) bond motifs is 3. The van der Waals surface area contributed by atoms with Gasteiger partial charge in [0.05, 0.1) is 22.1 Å². The summed E-state index contributed by atoms with van der Waals surface area (Å²) >= 11 is 6.01.